The lowest BCUT2D eigenvalue weighted by molar-refractivity contribution is -0.144. The third-order valence-corrected chi connectivity index (χ3v) is 8.14. The molecule has 0 bridgehead atoms. The molecule has 1 fully saturated rings. The van der Waals surface area contributed by atoms with Gasteiger partial charge in [-0.3, -0.25) is 9.59 Å². The number of amides is 2. The molecule has 3 aromatic rings. The van der Waals surface area contributed by atoms with Gasteiger partial charge in [0.2, 0.25) is 5.91 Å². The molecule has 0 N–H and O–H groups in total. The van der Waals surface area contributed by atoms with Crippen LogP contribution in [-0.2, 0) is 11.2 Å². The van der Waals surface area contributed by atoms with E-state index in [1.54, 1.807) is 12.1 Å². The van der Waals surface area contributed by atoms with E-state index in [-0.39, 0.29) is 11.8 Å². The van der Waals surface area contributed by atoms with Crippen molar-refractivity contribution in [1.82, 2.24) is 9.80 Å². The minimum atomic E-state index is -0.444. The Bertz CT molecular complexity index is 1280. The maximum Gasteiger partial charge on any atom is 0.289 e. The minimum Gasteiger partial charge on any atom is -0.491 e. The number of likely N-dealkylation sites (N-methyl/N-ethyl adjacent to an activating group) is 1. The molecule has 190 valence electrons. The average molecular weight is 509 g/mol. The van der Waals surface area contributed by atoms with E-state index in [1.807, 2.05) is 42.0 Å². The van der Waals surface area contributed by atoms with Gasteiger partial charge in [0.1, 0.15) is 17.9 Å². The Morgan fingerprint density at radius 3 is 2.61 bits per heavy atom. The molecule has 7 heteroatoms. The SMILES string of the molecule is Cc1c(C(=O)N2CCC3(CCCCc4ccccc4OCCN(C)C3=O)CC2)oc2ccc(Cl)cc12. The Balaban J connectivity index is 1.31. The van der Waals surface area contributed by atoms with Crippen LogP contribution in [0.4, 0.5) is 0 Å². The highest BCUT2D eigenvalue weighted by molar-refractivity contribution is 6.31. The zero-order chi connectivity index (χ0) is 25.3. The van der Waals surface area contributed by atoms with Crippen molar-refractivity contribution in [3.8, 4) is 5.75 Å². The lowest BCUT2D eigenvalue weighted by Crippen LogP contribution is -2.51. The van der Waals surface area contributed by atoms with Crippen molar-refractivity contribution in [2.75, 3.05) is 33.3 Å². The van der Waals surface area contributed by atoms with Crippen LogP contribution in [-0.4, -0.2) is 54.9 Å². The van der Waals surface area contributed by atoms with Crippen LogP contribution in [0.5, 0.6) is 5.75 Å². The van der Waals surface area contributed by atoms with E-state index in [2.05, 4.69) is 12.1 Å². The molecule has 0 aliphatic carbocycles. The molecule has 2 aliphatic heterocycles. The van der Waals surface area contributed by atoms with Crippen LogP contribution >= 0.6 is 11.6 Å². The normalized spacial score (nSPS) is 18.9. The van der Waals surface area contributed by atoms with E-state index in [0.717, 1.165) is 42.4 Å². The maximum atomic E-state index is 13.7. The van der Waals surface area contributed by atoms with E-state index in [4.69, 9.17) is 20.8 Å². The van der Waals surface area contributed by atoms with Gasteiger partial charge in [-0.05, 0) is 68.9 Å². The fourth-order valence-corrected chi connectivity index (χ4v) is 5.85. The predicted octanol–water partition coefficient (Wildman–Crippen LogP) is 5.88. The largest absolute Gasteiger partial charge is 0.491 e. The molecule has 0 atom stereocenters. The molecule has 0 unspecified atom stereocenters. The van der Waals surface area contributed by atoms with Crippen molar-refractivity contribution in [1.29, 1.82) is 0 Å². The van der Waals surface area contributed by atoms with Gasteiger partial charge in [0.25, 0.3) is 5.91 Å². The highest BCUT2D eigenvalue weighted by atomic mass is 35.5. The first-order valence-electron chi connectivity index (χ1n) is 12.8. The summed E-state index contributed by atoms with van der Waals surface area (Å²) in [6, 6.07) is 13.6. The van der Waals surface area contributed by atoms with Gasteiger partial charge in [-0.15, -0.1) is 0 Å². The van der Waals surface area contributed by atoms with Crippen LogP contribution in [0.3, 0.4) is 0 Å². The average Bonchev–Trinajstić information content (AvgIpc) is 3.21. The summed E-state index contributed by atoms with van der Waals surface area (Å²) in [7, 11) is 1.87. The molecular formula is C29H33ClN2O4. The molecular weight excluding hydrogens is 476 g/mol. The zero-order valence-electron chi connectivity index (χ0n) is 21.0. The number of nitrogens with zero attached hydrogens (tertiary/aromatic N) is 2. The zero-order valence-corrected chi connectivity index (χ0v) is 21.8. The lowest BCUT2D eigenvalue weighted by atomic mass is 9.73. The molecule has 5 rings (SSSR count). The summed E-state index contributed by atoms with van der Waals surface area (Å²) >= 11 is 6.15. The number of aryl methyl sites for hydroxylation is 2. The van der Waals surface area contributed by atoms with E-state index >= 15 is 0 Å². The molecule has 0 saturated carbocycles. The third kappa shape index (κ3) is 4.71. The number of ether oxygens (including phenoxy) is 1. The van der Waals surface area contributed by atoms with Gasteiger partial charge in [0, 0.05) is 36.1 Å². The van der Waals surface area contributed by atoms with Crippen LogP contribution in [0.15, 0.2) is 46.9 Å². The molecule has 2 aromatic carbocycles. The number of furan rings is 1. The quantitative estimate of drug-likeness (QED) is 0.411. The van der Waals surface area contributed by atoms with Crippen LogP contribution in [0.25, 0.3) is 11.0 Å². The second kappa shape index (κ2) is 10.2. The fourth-order valence-electron chi connectivity index (χ4n) is 5.68. The topological polar surface area (TPSA) is 63.0 Å². The van der Waals surface area contributed by atoms with Crippen molar-refractivity contribution in [2.24, 2.45) is 5.41 Å². The third-order valence-electron chi connectivity index (χ3n) is 7.91. The van der Waals surface area contributed by atoms with Crippen LogP contribution in [0.2, 0.25) is 5.02 Å². The monoisotopic (exact) mass is 508 g/mol. The number of halogens is 1. The highest BCUT2D eigenvalue weighted by Crippen LogP contribution is 2.40. The smallest absolute Gasteiger partial charge is 0.289 e. The molecule has 3 heterocycles. The van der Waals surface area contributed by atoms with Crippen molar-refractivity contribution in [2.45, 2.75) is 45.4 Å². The number of piperidine rings is 1. The summed E-state index contributed by atoms with van der Waals surface area (Å²) in [6.45, 7) is 3.98. The van der Waals surface area contributed by atoms with Gasteiger partial charge in [0.05, 0.1) is 12.0 Å². The molecule has 6 nitrogen and oxygen atoms in total. The van der Waals surface area contributed by atoms with Crippen LogP contribution in [0, 0.1) is 12.3 Å². The lowest BCUT2D eigenvalue weighted by Gasteiger charge is -2.42. The molecule has 2 aliphatic rings. The Hall–Kier alpha value is -2.99. The number of likely N-dealkylation sites (tertiary alicyclic amines) is 1. The number of hydrogen-bond acceptors (Lipinski definition) is 4. The first-order valence-corrected chi connectivity index (χ1v) is 13.2. The van der Waals surface area contributed by atoms with Crippen LogP contribution < -0.4 is 4.74 Å². The fraction of sp³-hybridized carbons (Fsp3) is 0.448. The Morgan fingerprint density at radius 2 is 1.81 bits per heavy atom. The van der Waals surface area contributed by atoms with E-state index in [0.29, 0.717) is 55.4 Å². The Morgan fingerprint density at radius 1 is 1.03 bits per heavy atom. The molecule has 36 heavy (non-hydrogen) atoms. The van der Waals surface area contributed by atoms with E-state index < -0.39 is 5.41 Å². The molecule has 0 radical (unpaired) electrons. The number of para-hydroxylation sites is 1. The van der Waals surface area contributed by atoms with E-state index in [9.17, 15) is 9.59 Å². The van der Waals surface area contributed by atoms with Gasteiger partial charge >= 0.3 is 0 Å². The van der Waals surface area contributed by atoms with Crippen LogP contribution in [0.1, 0.15) is 53.8 Å². The number of carbonyl (C=O) groups is 2. The molecule has 1 aromatic heterocycles. The summed E-state index contributed by atoms with van der Waals surface area (Å²) in [5.74, 6) is 1.33. The molecule has 1 spiro atoms. The van der Waals surface area contributed by atoms with Gasteiger partial charge in [0.15, 0.2) is 5.76 Å². The first kappa shape index (κ1) is 24.7. The van der Waals surface area contributed by atoms with Gasteiger partial charge < -0.3 is 19.0 Å². The number of fused-ring (bicyclic) bond motifs is 2. The van der Waals surface area contributed by atoms with E-state index in [1.165, 1.54) is 5.56 Å². The Kier molecular flexibility index (Phi) is 6.98. The van der Waals surface area contributed by atoms with Gasteiger partial charge in [-0.25, -0.2) is 0 Å². The van der Waals surface area contributed by atoms with Crippen molar-refractivity contribution >= 4 is 34.4 Å². The van der Waals surface area contributed by atoms with Gasteiger partial charge in [-0.1, -0.05) is 36.2 Å². The summed E-state index contributed by atoms with van der Waals surface area (Å²) in [5.41, 5.74) is 2.25. The van der Waals surface area contributed by atoms with Gasteiger partial charge in [-0.2, -0.15) is 0 Å². The standard InChI is InChI=1S/C29H33ClN2O4/c1-20-23-19-22(30)10-11-25(23)36-26(20)27(33)32-15-13-29(14-16-32)12-6-5-8-21-7-3-4-9-24(21)35-18-17-31(2)28(29)34/h3-4,7,9-11,19H,5-6,8,12-18H2,1-2H3. The Labute approximate surface area is 217 Å². The molecule has 1 saturated heterocycles. The highest BCUT2D eigenvalue weighted by Gasteiger charge is 2.43. The first-order chi connectivity index (χ1) is 17.4. The van der Waals surface area contributed by atoms with Crippen molar-refractivity contribution in [3.05, 3.63) is 64.4 Å². The van der Waals surface area contributed by atoms with Crippen molar-refractivity contribution < 1.29 is 18.7 Å². The number of rotatable bonds is 1. The second-order valence-corrected chi connectivity index (χ2v) is 10.6. The predicted molar refractivity (Wildman–Crippen MR) is 141 cm³/mol. The summed E-state index contributed by atoms with van der Waals surface area (Å²) in [6.07, 6.45) is 5.06. The summed E-state index contributed by atoms with van der Waals surface area (Å²) in [5, 5.41) is 1.48. The number of benzene rings is 2. The molecule has 2 amide bonds. The van der Waals surface area contributed by atoms with Crippen molar-refractivity contribution in [3.63, 3.8) is 0 Å². The maximum absolute atomic E-state index is 13.7. The number of carbonyl (C=O) groups excluding carboxylic acids is 2. The minimum absolute atomic E-state index is 0.117. The second-order valence-electron chi connectivity index (χ2n) is 10.2. The summed E-state index contributed by atoms with van der Waals surface area (Å²) in [4.78, 5) is 30.7. The summed E-state index contributed by atoms with van der Waals surface area (Å²) < 4.78 is 12.0. The number of hydrogen-bond donors (Lipinski definition) is 0.